The number of nitrogens with zero attached hydrogens (tertiary/aromatic N) is 3. The molecule has 2 unspecified atom stereocenters. The van der Waals surface area contributed by atoms with Crippen molar-refractivity contribution < 1.29 is 58.9 Å². The number of carbonyl (C=O) groups excluding carboxylic acids is 1. The number of benzene rings is 1. The molecule has 2 N–H and O–H groups in total. The molecule has 2 amide bonds. The van der Waals surface area contributed by atoms with E-state index in [1.807, 2.05) is 30.0 Å². The minimum absolute atomic E-state index is 0. The maximum atomic E-state index is 13.1. The minimum atomic E-state index is -4.24. The fourth-order valence-corrected chi connectivity index (χ4v) is 4.37. The topological polar surface area (TPSA) is 77.9 Å². The number of ether oxygens (including phenoxy) is 1. The third-order valence-electron chi connectivity index (χ3n) is 6.53. The molecule has 1 saturated carbocycles. The van der Waals surface area contributed by atoms with Gasteiger partial charge in [0, 0.05) is 24.8 Å². The third kappa shape index (κ3) is 8.01. The number of halogens is 3. The van der Waals surface area contributed by atoms with Crippen molar-refractivity contribution in [2.45, 2.75) is 38.4 Å². The van der Waals surface area contributed by atoms with Gasteiger partial charge in [-0.25, -0.2) is 4.79 Å². The molecule has 1 heterocycles. The summed E-state index contributed by atoms with van der Waals surface area (Å²) in [7, 11) is 1.53. The SMILES string of the molecule is [CH2-]CN(C[CH2-])c1cc(-c2cc(NC(=O)N(C)C3CCC(C(F)(F)F)C3)ccc2C)cc(OCCO)n1.[U+2]. The molecular formula is C26H33F3N4O3U. The first-order valence-electron chi connectivity index (χ1n) is 11.9. The zero-order valence-corrected chi connectivity index (χ0v) is 25.3. The van der Waals surface area contributed by atoms with E-state index in [1.54, 1.807) is 12.1 Å². The van der Waals surface area contributed by atoms with E-state index in [4.69, 9.17) is 9.84 Å². The number of alkyl halides is 3. The number of aromatic nitrogens is 1. The number of hydrogen-bond acceptors (Lipinski definition) is 5. The first-order valence-corrected chi connectivity index (χ1v) is 11.9. The number of urea groups is 1. The van der Waals surface area contributed by atoms with E-state index in [9.17, 15) is 18.0 Å². The smallest absolute Gasteiger partial charge is 0.475 e. The van der Waals surface area contributed by atoms with Crippen LogP contribution < -0.4 is 15.0 Å². The van der Waals surface area contributed by atoms with Crippen LogP contribution in [0.1, 0.15) is 24.8 Å². The summed E-state index contributed by atoms with van der Waals surface area (Å²) < 4.78 is 44.7. The molecule has 1 aliphatic rings. The number of aliphatic hydroxyl groups excluding tert-OH is 1. The molecule has 0 aliphatic heterocycles. The van der Waals surface area contributed by atoms with Crippen LogP contribution in [0.3, 0.4) is 0 Å². The Bertz CT molecular complexity index is 1050. The van der Waals surface area contributed by atoms with Crippen molar-refractivity contribution in [1.82, 2.24) is 9.88 Å². The Labute approximate surface area is 240 Å². The van der Waals surface area contributed by atoms with Gasteiger partial charge in [0.1, 0.15) is 12.4 Å². The molecule has 2 aromatic rings. The van der Waals surface area contributed by atoms with Crippen molar-refractivity contribution in [1.29, 1.82) is 0 Å². The molecular weight excluding hydrogens is 711 g/mol. The van der Waals surface area contributed by atoms with Gasteiger partial charge in [0.05, 0.1) is 12.5 Å². The van der Waals surface area contributed by atoms with Gasteiger partial charge in [0.15, 0.2) is 0 Å². The molecule has 37 heavy (non-hydrogen) atoms. The van der Waals surface area contributed by atoms with Crippen LogP contribution in [0.4, 0.5) is 29.5 Å². The van der Waals surface area contributed by atoms with Crippen LogP contribution in [0, 0.1) is 57.8 Å². The number of nitrogens with one attached hydrogen (secondary N) is 1. The second-order valence-corrected chi connectivity index (χ2v) is 8.89. The molecule has 1 aliphatic carbocycles. The first kappa shape index (κ1) is 31.3. The zero-order chi connectivity index (χ0) is 26.5. The summed E-state index contributed by atoms with van der Waals surface area (Å²) >= 11 is 0. The molecule has 1 aromatic heterocycles. The number of anilines is 2. The van der Waals surface area contributed by atoms with Gasteiger partial charge >= 0.3 is 43.3 Å². The van der Waals surface area contributed by atoms with Gasteiger partial charge in [-0.05, 0) is 61.1 Å². The largest absolute Gasteiger partial charge is 2.00 e. The third-order valence-corrected chi connectivity index (χ3v) is 6.53. The van der Waals surface area contributed by atoms with Gasteiger partial charge in [0.2, 0.25) is 5.88 Å². The van der Waals surface area contributed by atoms with Crippen molar-refractivity contribution in [3.05, 3.63) is 49.7 Å². The van der Waals surface area contributed by atoms with Crippen LogP contribution in [0.15, 0.2) is 30.3 Å². The molecule has 1 aromatic carbocycles. The molecule has 3 rings (SSSR count). The monoisotopic (exact) mass is 744 g/mol. The minimum Gasteiger partial charge on any atom is -0.475 e. The van der Waals surface area contributed by atoms with Crippen LogP contribution in [-0.4, -0.2) is 66.6 Å². The van der Waals surface area contributed by atoms with Gasteiger partial charge in [-0.1, -0.05) is 6.07 Å². The van der Waals surface area contributed by atoms with Gasteiger partial charge < -0.3 is 38.8 Å². The molecule has 2 atom stereocenters. The molecule has 0 bridgehead atoms. The molecule has 11 heteroatoms. The normalized spacial score (nSPS) is 17.2. The Morgan fingerprint density at radius 1 is 1.22 bits per heavy atom. The van der Waals surface area contributed by atoms with E-state index in [0.717, 1.165) is 16.7 Å². The Kier molecular flexibility index (Phi) is 11.6. The predicted molar refractivity (Wildman–Crippen MR) is 134 cm³/mol. The Balaban J connectivity index is 0.00000481. The Morgan fingerprint density at radius 3 is 2.51 bits per heavy atom. The standard InChI is InChI=1S/C26H33F3N4O3.U/c1-5-33(6-2)23-13-18(14-24(31-23)36-12-11-34)22-16-20(9-7-17(22)3)30-25(35)32(4)21-10-8-19(15-21)26(27,28)29;/h7,9,13-14,16,19,21,34H,1-2,5-6,8,10-12,15H2,3-4H3,(H,30,35);/q-2;+2. The van der Waals surface area contributed by atoms with Crippen molar-refractivity contribution in [3.63, 3.8) is 0 Å². The number of hydrogen-bond donors (Lipinski definition) is 2. The number of aryl methyl sites for hydroxylation is 1. The average Bonchev–Trinajstić information content (AvgIpc) is 3.35. The summed E-state index contributed by atoms with van der Waals surface area (Å²) in [5.41, 5.74) is 3.05. The summed E-state index contributed by atoms with van der Waals surface area (Å²) in [5.74, 6) is -0.431. The second kappa shape index (κ2) is 13.7. The molecule has 200 valence electrons. The van der Waals surface area contributed by atoms with Crippen molar-refractivity contribution in [3.8, 4) is 17.0 Å². The molecule has 1 fully saturated rings. The van der Waals surface area contributed by atoms with E-state index < -0.39 is 24.2 Å². The molecule has 0 radical (unpaired) electrons. The maximum Gasteiger partial charge on any atom is 2.00 e. The molecule has 0 spiro atoms. The van der Waals surface area contributed by atoms with E-state index in [0.29, 0.717) is 36.9 Å². The fraction of sp³-hybridized carbons (Fsp3) is 0.462. The Hall–Kier alpha value is -1.96. The summed E-state index contributed by atoms with van der Waals surface area (Å²) in [6.07, 6.45) is -3.97. The first-order chi connectivity index (χ1) is 17.1. The zero-order valence-electron chi connectivity index (χ0n) is 21.1. The number of carbonyl (C=O) groups is 1. The average molecular weight is 745 g/mol. The summed E-state index contributed by atoms with van der Waals surface area (Å²) in [4.78, 5) is 20.5. The molecule has 0 saturated heterocycles. The van der Waals surface area contributed by atoms with E-state index in [1.165, 1.54) is 11.9 Å². The van der Waals surface area contributed by atoms with E-state index >= 15 is 0 Å². The van der Waals surface area contributed by atoms with E-state index in [2.05, 4.69) is 24.1 Å². The number of amides is 2. The van der Waals surface area contributed by atoms with Crippen molar-refractivity contribution in [2.24, 2.45) is 5.92 Å². The number of pyridine rings is 1. The number of rotatable bonds is 9. The van der Waals surface area contributed by atoms with Gasteiger partial charge in [-0.3, -0.25) is 0 Å². The quantitative estimate of drug-likeness (QED) is 0.350. The van der Waals surface area contributed by atoms with Crippen LogP contribution in [-0.2, 0) is 0 Å². The summed E-state index contributed by atoms with van der Waals surface area (Å²) in [5, 5.41) is 12.0. The summed E-state index contributed by atoms with van der Waals surface area (Å²) in [6.45, 7) is 10.6. The fourth-order valence-electron chi connectivity index (χ4n) is 4.37. The van der Waals surface area contributed by atoms with Crippen LogP contribution >= 0.6 is 0 Å². The maximum absolute atomic E-state index is 13.1. The predicted octanol–water partition coefficient (Wildman–Crippen LogP) is 5.10. The van der Waals surface area contributed by atoms with Crippen molar-refractivity contribution >= 4 is 17.5 Å². The second-order valence-electron chi connectivity index (χ2n) is 8.89. The van der Waals surface area contributed by atoms with E-state index in [-0.39, 0.29) is 57.2 Å². The number of aliphatic hydroxyl groups is 1. The van der Waals surface area contributed by atoms with Gasteiger partial charge in [-0.2, -0.15) is 18.2 Å². The van der Waals surface area contributed by atoms with Gasteiger partial charge in [-0.15, -0.1) is 13.1 Å². The summed E-state index contributed by atoms with van der Waals surface area (Å²) in [6, 6.07) is 8.11. The van der Waals surface area contributed by atoms with Crippen LogP contribution in [0.2, 0.25) is 0 Å². The van der Waals surface area contributed by atoms with Crippen LogP contribution in [0.25, 0.3) is 11.1 Å². The van der Waals surface area contributed by atoms with Crippen LogP contribution in [0.5, 0.6) is 5.88 Å². The van der Waals surface area contributed by atoms with Gasteiger partial charge in [0.25, 0.3) is 0 Å². The van der Waals surface area contributed by atoms with Crippen molar-refractivity contribution in [2.75, 3.05) is 43.6 Å². The molecule has 7 nitrogen and oxygen atoms in total. The Morgan fingerprint density at radius 2 is 1.92 bits per heavy atom.